The molecule has 0 aromatic heterocycles. The van der Waals surface area contributed by atoms with Crippen molar-refractivity contribution in [2.75, 3.05) is 19.8 Å². The molecule has 1 amide bonds. The number of esters is 1. The molecular weight excluding hydrogens is 1100 g/mol. The number of carbonyl (C=O) groups excluding carboxylic acids is 2. The second-order valence-corrected chi connectivity index (χ2v) is 26.0. The largest absolute Gasteiger partial charge is 0.466 e. The molecule has 1 aliphatic heterocycles. The number of rotatable bonds is 66. The molecule has 0 bridgehead atoms. The smallest absolute Gasteiger partial charge is 0.305 e. The molecule has 88 heavy (non-hydrogen) atoms. The van der Waals surface area contributed by atoms with Crippen LogP contribution in [0.1, 0.15) is 354 Å². The zero-order chi connectivity index (χ0) is 63.7. The minimum absolute atomic E-state index is 0.00247. The molecule has 0 aromatic rings. The second kappa shape index (κ2) is 65.8. The van der Waals surface area contributed by atoms with Gasteiger partial charge in [0.2, 0.25) is 5.91 Å². The molecular formula is C77H141NO10. The summed E-state index contributed by atoms with van der Waals surface area (Å²) in [4.78, 5) is 25.1. The van der Waals surface area contributed by atoms with Gasteiger partial charge in [-0.05, 0) is 103 Å². The van der Waals surface area contributed by atoms with Gasteiger partial charge < -0.3 is 45.1 Å². The van der Waals surface area contributed by atoms with Crippen molar-refractivity contribution in [3.8, 4) is 0 Å². The summed E-state index contributed by atoms with van der Waals surface area (Å²) in [5, 5.41) is 54.3. The molecule has 11 heteroatoms. The Morgan fingerprint density at radius 3 is 1.22 bits per heavy atom. The van der Waals surface area contributed by atoms with E-state index >= 15 is 0 Å². The van der Waals surface area contributed by atoms with Gasteiger partial charge in [0.25, 0.3) is 0 Å². The Kier molecular flexibility index (Phi) is 62.4. The standard InChI is InChI=1S/C77H141NO10/c1-3-5-7-9-11-13-14-15-16-39-42-45-49-53-57-61-65-73(82)86-66-62-58-54-50-46-43-40-37-35-33-31-29-27-25-23-21-19-17-18-20-22-24-26-28-30-32-34-36-38-41-44-48-52-56-60-64-72(81)78-69(70(80)63-59-55-51-47-12-10-8-6-4-2)68-87-77-76(85)75(84)74(83)71(67-79)88-77/h12,16,19,21,25,27,39,47,59,63,69-71,74-77,79-80,83-85H,3-11,13-15,17-18,20,22-24,26,28-38,40-46,48-58,60-62,64-68H2,1-2H3,(H,78,81)/b21-19-,27-25-,39-16-,47-12+,63-59+. The molecule has 1 heterocycles. The van der Waals surface area contributed by atoms with Crippen LogP contribution in [0.25, 0.3) is 0 Å². The molecule has 0 spiro atoms. The summed E-state index contributed by atoms with van der Waals surface area (Å²) >= 11 is 0. The lowest BCUT2D eigenvalue weighted by Crippen LogP contribution is -2.60. The minimum Gasteiger partial charge on any atom is -0.466 e. The molecule has 7 unspecified atom stereocenters. The first-order valence-corrected chi connectivity index (χ1v) is 37.6. The van der Waals surface area contributed by atoms with E-state index in [2.05, 4.69) is 67.8 Å². The van der Waals surface area contributed by atoms with Gasteiger partial charge in [0.15, 0.2) is 6.29 Å². The van der Waals surface area contributed by atoms with E-state index in [0.29, 0.717) is 19.4 Å². The van der Waals surface area contributed by atoms with Crippen LogP contribution < -0.4 is 5.32 Å². The summed E-state index contributed by atoms with van der Waals surface area (Å²) in [7, 11) is 0. The number of hydrogen-bond donors (Lipinski definition) is 6. The highest BCUT2D eigenvalue weighted by Gasteiger charge is 2.44. The van der Waals surface area contributed by atoms with Crippen LogP contribution in [0.15, 0.2) is 60.8 Å². The first kappa shape index (κ1) is 83.4. The number of nitrogens with one attached hydrogen (secondary N) is 1. The third-order valence-electron chi connectivity index (χ3n) is 17.6. The third kappa shape index (κ3) is 54.0. The number of allylic oxidation sites excluding steroid dienone is 9. The van der Waals surface area contributed by atoms with E-state index in [1.54, 1.807) is 6.08 Å². The Morgan fingerprint density at radius 1 is 0.420 bits per heavy atom. The van der Waals surface area contributed by atoms with Gasteiger partial charge in [0, 0.05) is 12.8 Å². The molecule has 6 N–H and O–H groups in total. The summed E-state index contributed by atoms with van der Waals surface area (Å²) in [6.07, 6.45) is 78.3. The summed E-state index contributed by atoms with van der Waals surface area (Å²) < 4.78 is 16.7. The van der Waals surface area contributed by atoms with Gasteiger partial charge in [-0.3, -0.25) is 9.59 Å². The van der Waals surface area contributed by atoms with Gasteiger partial charge in [-0.1, -0.05) is 299 Å². The predicted molar refractivity (Wildman–Crippen MR) is 370 cm³/mol. The topological polar surface area (TPSA) is 175 Å². The van der Waals surface area contributed by atoms with Gasteiger partial charge in [-0.2, -0.15) is 0 Å². The second-order valence-electron chi connectivity index (χ2n) is 26.0. The molecule has 0 aliphatic carbocycles. The average molecular weight is 1240 g/mol. The number of carbonyl (C=O) groups is 2. The maximum Gasteiger partial charge on any atom is 0.305 e. The van der Waals surface area contributed by atoms with E-state index in [0.717, 1.165) is 64.2 Å². The van der Waals surface area contributed by atoms with Crippen molar-refractivity contribution in [1.82, 2.24) is 5.32 Å². The van der Waals surface area contributed by atoms with Crippen molar-refractivity contribution < 1.29 is 49.3 Å². The van der Waals surface area contributed by atoms with Crippen LogP contribution in [0.5, 0.6) is 0 Å². The first-order valence-electron chi connectivity index (χ1n) is 37.6. The predicted octanol–water partition coefficient (Wildman–Crippen LogP) is 19.7. The van der Waals surface area contributed by atoms with Crippen LogP contribution in [0.2, 0.25) is 0 Å². The molecule has 11 nitrogen and oxygen atoms in total. The van der Waals surface area contributed by atoms with Gasteiger partial charge in [-0.25, -0.2) is 0 Å². The van der Waals surface area contributed by atoms with Crippen molar-refractivity contribution >= 4 is 11.9 Å². The minimum atomic E-state index is -1.58. The first-order chi connectivity index (χ1) is 43.2. The number of hydrogen-bond acceptors (Lipinski definition) is 10. The Balaban J connectivity index is 1.89. The van der Waals surface area contributed by atoms with Gasteiger partial charge in [0.05, 0.1) is 32.0 Å². The number of aliphatic hydroxyl groups excluding tert-OH is 5. The van der Waals surface area contributed by atoms with E-state index in [-0.39, 0.29) is 18.5 Å². The monoisotopic (exact) mass is 1240 g/mol. The number of amides is 1. The van der Waals surface area contributed by atoms with Gasteiger partial charge in [0.1, 0.15) is 24.4 Å². The van der Waals surface area contributed by atoms with Crippen molar-refractivity contribution in [1.29, 1.82) is 0 Å². The fourth-order valence-corrected chi connectivity index (χ4v) is 11.7. The maximum atomic E-state index is 13.0. The van der Waals surface area contributed by atoms with Crippen LogP contribution in [-0.4, -0.2) is 100 Å². The maximum absolute atomic E-state index is 13.0. The summed E-state index contributed by atoms with van der Waals surface area (Å²) in [6.45, 7) is 4.30. The van der Waals surface area contributed by atoms with Crippen LogP contribution in [0, 0.1) is 0 Å². The van der Waals surface area contributed by atoms with Crippen LogP contribution in [0.3, 0.4) is 0 Å². The van der Waals surface area contributed by atoms with Crippen LogP contribution in [0.4, 0.5) is 0 Å². The van der Waals surface area contributed by atoms with Crippen molar-refractivity contribution in [3.05, 3.63) is 60.8 Å². The van der Waals surface area contributed by atoms with Crippen molar-refractivity contribution in [2.45, 2.75) is 397 Å². The molecule has 0 radical (unpaired) electrons. The molecule has 514 valence electrons. The molecule has 1 aliphatic rings. The Hall–Kier alpha value is -2.64. The van der Waals surface area contributed by atoms with E-state index in [9.17, 15) is 35.1 Å². The molecule has 1 rings (SSSR count). The van der Waals surface area contributed by atoms with Crippen molar-refractivity contribution in [3.63, 3.8) is 0 Å². The normalized spacial score (nSPS) is 18.1. The molecule has 0 saturated carbocycles. The molecule has 1 fully saturated rings. The number of unbranched alkanes of at least 4 members (excludes halogenated alkanes) is 44. The summed E-state index contributed by atoms with van der Waals surface area (Å²) in [5.41, 5.74) is 0. The highest BCUT2D eigenvalue weighted by atomic mass is 16.7. The number of ether oxygens (including phenoxy) is 3. The van der Waals surface area contributed by atoms with Gasteiger partial charge in [-0.15, -0.1) is 0 Å². The van der Waals surface area contributed by atoms with E-state index in [1.807, 2.05) is 6.08 Å². The number of aliphatic hydroxyl groups is 5. The zero-order valence-corrected chi connectivity index (χ0v) is 57.2. The van der Waals surface area contributed by atoms with Crippen LogP contribution in [-0.2, 0) is 23.8 Å². The average Bonchev–Trinajstić information content (AvgIpc) is 3.48. The lowest BCUT2D eigenvalue weighted by atomic mass is 9.99. The lowest BCUT2D eigenvalue weighted by Gasteiger charge is -2.40. The van der Waals surface area contributed by atoms with Crippen molar-refractivity contribution in [2.24, 2.45) is 0 Å². The van der Waals surface area contributed by atoms with E-state index < -0.39 is 49.5 Å². The van der Waals surface area contributed by atoms with E-state index in [1.165, 1.54) is 263 Å². The fourth-order valence-electron chi connectivity index (χ4n) is 11.7. The third-order valence-corrected chi connectivity index (χ3v) is 17.6. The SMILES string of the molecule is CCCCC/C=C/CC/C=C/C(O)C(COC1OC(CO)C(O)C(O)C1O)NC(=O)CCCCCCCCCCCCCCCCCCC/C=C\C/C=C\CCCCCCCCCCCCCOC(=O)CCCCCCC/C=C\CCCCCCCCC. The summed E-state index contributed by atoms with van der Waals surface area (Å²) in [5.74, 6) is -0.189. The Bertz CT molecular complexity index is 1650. The lowest BCUT2D eigenvalue weighted by molar-refractivity contribution is -0.302. The Morgan fingerprint density at radius 2 is 0.773 bits per heavy atom. The van der Waals surface area contributed by atoms with E-state index in [4.69, 9.17) is 14.2 Å². The highest BCUT2D eigenvalue weighted by molar-refractivity contribution is 5.76. The Labute approximate surface area is 541 Å². The zero-order valence-electron chi connectivity index (χ0n) is 57.2. The van der Waals surface area contributed by atoms with Gasteiger partial charge >= 0.3 is 5.97 Å². The molecule has 7 atom stereocenters. The molecule has 0 aromatic carbocycles. The highest BCUT2D eigenvalue weighted by Crippen LogP contribution is 2.23. The quantitative estimate of drug-likeness (QED) is 0.0195. The fraction of sp³-hybridized carbons (Fsp3) is 0.844. The summed E-state index contributed by atoms with van der Waals surface area (Å²) in [6, 6.07) is -0.825. The molecule has 1 saturated heterocycles. The van der Waals surface area contributed by atoms with Crippen LogP contribution >= 0.6 is 0 Å².